The monoisotopic (exact) mass is 370 g/mol. The van der Waals surface area contributed by atoms with Crippen LogP contribution >= 0.6 is 12.4 Å². The molecule has 0 aliphatic carbocycles. The molecule has 25 heavy (non-hydrogen) atoms. The molecule has 0 radical (unpaired) electrons. The summed E-state index contributed by atoms with van der Waals surface area (Å²) in [6, 6.07) is 8.13. The van der Waals surface area contributed by atoms with Crippen LogP contribution in [-0.2, 0) is 14.9 Å². The van der Waals surface area contributed by atoms with Crippen LogP contribution in [0.3, 0.4) is 0 Å². The molecule has 0 bridgehead atoms. The highest BCUT2D eigenvalue weighted by atomic mass is 35.5. The van der Waals surface area contributed by atoms with E-state index < -0.39 is 0 Å². The summed E-state index contributed by atoms with van der Waals surface area (Å²) in [7, 11) is 0. The van der Waals surface area contributed by atoms with Crippen molar-refractivity contribution in [2.75, 3.05) is 32.8 Å². The molecule has 1 atom stereocenters. The summed E-state index contributed by atoms with van der Waals surface area (Å²) in [5.41, 5.74) is 1.42. The van der Waals surface area contributed by atoms with Gasteiger partial charge in [0.05, 0.1) is 19.2 Å². The molecule has 1 amide bonds. The first-order chi connectivity index (χ1) is 11.4. The molecule has 1 saturated heterocycles. The maximum atomic E-state index is 11.7. The van der Waals surface area contributed by atoms with Gasteiger partial charge in [-0.25, -0.2) is 0 Å². The smallest absolute Gasteiger partial charge is 0.234 e. The highest BCUT2D eigenvalue weighted by Gasteiger charge is 2.15. The summed E-state index contributed by atoms with van der Waals surface area (Å²) in [5, 5.41) is 5.97. The molecule has 142 valence electrons. The Hall–Kier alpha value is -1.30. The van der Waals surface area contributed by atoms with Crippen LogP contribution in [0.25, 0.3) is 0 Å². The summed E-state index contributed by atoms with van der Waals surface area (Å²) < 4.78 is 11.2. The van der Waals surface area contributed by atoms with Gasteiger partial charge in [0.25, 0.3) is 0 Å². The highest BCUT2D eigenvalue weighted by Crippen LogP contribution is 2.24. The first kappa shape index (κ1) is 21.7. The molecule has 1 fully saturated rings. The minimum atomic E-state index is -0.0142. The van der Waals surface area contributed by atoms with Crippen LogP contribution in [0.2, 0.25) is 0 Å². The molecule has 2 rings (SSSR count). The summed E-state index contributed by atoms with van der Waals surface area (Å²) >= 11 is 0. The van der Waals surface area contributed by atoms with Gasteiger partial charge in [0.2, 0.25) is 5.91 Å². The second kappa shape index (κ2) is 10.6. The molecule has 0 spiro atoms. The molecule has 1 unspecified atom stereocenters. The Morgan fingerprint density at radius 2 is 2.00 bits per heavy atom. The van der Waals surface area contributed by atoms with Crippen LogP contribution in [0.15, 0.2) is 24.3 Å². The quantitative estimate of drug-likeness (QED) is 0.691. The van der Waals surface area contributed by atoms with Crippen molar-refractivity contribution in [1.29, 1.82) is 0 Å². The van der Waals surface area contributed by atoms with E-state index in [1.165, 1.54) is 5.56 Å². The highest BCUT2D eigenvalue weighted by molar-refractivity contribution is 5.85. The zero-order valence-electron chi connectivity index (χ0n) is 15.5. The van der Waals surface area contributed by atoms with E-state index in [0.717, 1.165) is 31.7 Å². The number of halogens is 1. The molecule has 0 saturated carbocycles. The lowest BCUT2D eigenvalue weighted by Crippen LogP contribution is -2.38. The van der Waals surface area contributed by atoms with E-state index in [-0.39, 0.29) is 29.8 Å². The minimum absolute atomic E-state index is 0. The predicted molar refractivity (Wildman–Crippen MR) is 103 cm³/mol. The van der Waals surface area contributed by atoms with Crippen LogP contribution in [-0.4, -0.2) is 44.9 Å². The zero-order chi connectivity index (χ0) is 17.4. The van der Waals surface area contributed by atoms with Crippen LogP contribution in [0.4, 0.5) is 0 Å². The molecule has 1 heterocycles. The summed E-state index contributed by atoms with van der Waals surface area (Å²) in [4.78, 5) is 11.7. The lowest BCUT2D eigenvalue weighted by molar-refractivity contribution is -0.120. The lowest BCUT2D eigenvalue weighted by atomic mass is 9.87. The Balaban J connectivity index is 0.00000312. The van der Waals surface area contributed by atoms with Gasteiger partial charge in [-0.15, -0.1) is 12.4 Å². The van der Waals surface area contributed by atoms with Crippen molar-refractivity contribution < 1.29 is 14.3 Å². The molecule has 1 aromatic rings. The van der Waals surface area contributed by atoms with E-state index in [0.29, 0.717) is 19.7 Å². The number of nitrogens with one attached hydrogen (secondary N) is 2. The van der Waals surface area contributed by atoms with Crippen molar-refractivity contribution in [2.24, 2.45) is 0 Å². The van der Waals surface area contributed by atoms with Gasteiger partial charge in [-0.1, -0.05) is 32.9 Å². The maximum absolute atomic E-state index is 11.7. The van der Waals surface area contributed by atoms with E-state index in [1.807, 2.05) is 12.1 Å². The average molecular weight is 371 g/mol. The van der Waals surface area contributed by atoms with E-state index >= 15 is 0 Å². The molecule has 2 N–H and O–H groups in total. The van der Waals surface area contributed by atoms with Gasteiger partial charge in [0.15, 0.2) is 0 Å². The summed E-state index contributed by atoms with van der Waals surface area (Å²) in [6.07, 6.45) is 2.46. The van der Waals surface area contributed by atoms with Gasteiger partial charge in [0.1, 0.15) is 12.4 Å². The number of ether oxygens (including phenoxy) is 2. The largest absolute Gasteiger partial charge is 0.492 e. The first-order valence-corrected chi connectivity index (χ1v) is 8.77. The number of hydrogen-bond acceptors (Lipinski definition) is 4. The van der Waals surface area contributed by atoms with Gasteiger partial charge in [-0.2, -0.15) is 0 Å². The number of benzene rings is 1. The number of rotatable bonds is 8. The lowest BCUT2D eigenvalue weighted by Gasteiger charge is -2.19. The number of carbonyl (C=O) groups is 1. The maximum Gasteiger partial charge on any atom is 0.234 e. The van der Waals surface area contributed by atoms with Gasteiger partial charge < -0.3 is 20.1 Å². The molecule has 6 heteroatoms. The molecule has 0 aromatic heterocycles. The second-order valence-electron chi connectivity index (χ2n) is 7.24. The molecular formula is C19H31ClN2O3. The summed E-state index contributed by atoms with van der Waals surface area (Å²) in [5.74, 6) is 0.813. The van der Waals surface area contributed by atoms with Crippen molar-refractivity contribution in [1.82, 2.24) is 10.6 Å². The van der Waals surface area contributed by atoms with Crippen LogP contribution in [0.5, 0.6) is 5.75 Å². The first-order valence-electron chi connectivity index (χ1n) is 8.77. The Bertz CT molecular complexity index is 508. The Labute approximate surface area is 157 Å². The number of hydrogen-bond donors (Lipinski definition) is 2. The predicted octanol–water partition coefficient (Wildman–Crippen LogP) is 2.67. The van der Waals surface area contributed by atoms with Gasteiger partial charge >= 0.3 is 0 Å². The summed E-state index contributed by atoms with van der Waals surface area (Å²) in [6.45, 7) is 9.42. The van der Waals surface area contributed by atoms with E-state index in [9.17, 15) is 4.79 Å². The van der Waals surface area contributed by atoms with Crippen molar-refractivity contribution in [3.63, 3.8) is 0 Å². The molecule has 1 aliphatic rings. The van der Waals surface area contributed by atoms with Crippen molar-refractivity contribution >= 4 is 18.3 Å². The SMILES string of the molecule is CC(C)(C)c1ccc(OCCNC(=O)CNCC2CCCO2)cc1.Cl. The number of carbonyl (C=O) groups excluding carboxylic acids is 1. The zero-order valence-corrected chi connectivity index (χ0v) is 16.3. The molecular weight excluding hydrogens is 340 g/mol. The van der Waals surface area contributed by atoms with Crippen LogP contribution in [0.1, 0.15) is 39.2 Å². The topological polar surface area (TPSA) is 59.6 Å². The standard InChI is InChI=1S/C19H30N2O3.ClH/c1-19(2,3)15-6-8-16(9-7-15)24-12-10-21-18(22)14-20-13-17-5-4-11-23-17;/h6-9,17,20H,4-5,10-14H2,1-3H3,(H,21,22);1H. The van der Waals surface area contributed by atoms with Crippen molar-refractivity contribution in [2.45, 2.75) is 45.1 Å². The van der Waals surface area contributed by atoms with E-state index in [2.05, 4.69) is 43.5 Å². The third kappa shape index (κ3) is 8.08. The van der Waals surface area contributed by atoms with Crippen LogP contribution < -0.4 is 15.4 Å². The average Bonchev–Trinajstić information content (AvgIpc) is 3.04. The van der Waals surface area contributed by atoms with E-state index in [4.69, 9.17) is 9.47 Å². The Morgan fingerprint density at radius 1 is 1.28 bits per heavy atom. The Morgan fingerprint density at radius 3 is 2.60 bits per heavy atom. The van der Waals surface area contributed by atoms with Crippen LogP contribution in [0, 0.1) is 0 Å². The number of amides is 1. The molecule has 1 aliphatic heterocycles. The van der Waals surface area contributed by atoms with Gasteiger partial charge in [-0.05, 0) is 36.0 Å². The minimum Gasteiger partial charge on any atom is -0.492 e. The normalized spacial score (nSPS) is 17.0. The van der Waals surface area contributed by atoms with E-state index in [1.54, 1.807) is 0 Å². The van der Waals surface area contributed by atoms with Gasteiger partial charge in [0, 0.05) is 13.2 Å². The fraction of sp³-hybridized carbons (Fsp3) is 0.632. The second-order valence-corrected chi connectivity index (χ2v) is 7.24. The van der Waals surface area contributed by atoms with Crippen molar-refractivity contribution in [3.05, 3.63) is 29.8 Å². The fourth-order valence-corrected chi connectivity index (χ4v) is 2.63. The molecule has 1 aromatic carbocycles. The third-order valence-electron chi connectivity index (χ3n) is 4.09. The third-order valence-corrected chi connectivity index (χ3v) is 4.09. The molecule has 5 nitrogen and oxygen atoms in total. The van der Waals surface area contributed by atoms with Gasteiger partial charge in [-0.3, -0.25) is 4.79 Å². The Kier molecular flexibility index (Phi) is 9.25. The fourth-order valence-electron chi connectivity index (χ4n) is 2.63. The van der Waals surface area contributed by atoms with Crippen molar-refractivity contribution in [3.8, 4) is 5.75 Å².